The van der Waals surface area contributed by atoms with Crippen LogP contribution in [0.4, 0.5) is 0 Å². The minimum absolute atomic E-state index is 0.543. The van der Waals surface area contributed by atoms with Gasteiger partial charge < -0.3 is 4.74 Å². The zero-order valence-corrected chi connectivity index (χ0v) is 10.6. The van der Waals surface area contributed by atoms with E-state index in [0.29, 0.717) is 5.92 Å². The monoisotopic (exact) mass is 286 g/mol. The van der Waals surface area contributed by atoms with Gasteiger partial charge in [-0.1, -0.05) is 33.6 Å². The Labute approximate surface area is 103 Å². The lowest BCUT2D eigenvalue weighted by atomic mass is 10.1. The average Bonchev–Trinajstić information content (AvgIpc) is 2.64. The van der Waals surface area contributed by atoms with Crippen LogP contribution in [0.25, 0.3) is 0 Å². The summed E-state index contributed by atoms with van der Waals surface area (Å²) in [5.74, 6) is 1.46. The van der Waals surface area contributed by atoms with E-state index in [1.807, 2.05) is 24.3 Å². The molecule has 0 unspecified atom stereocenters. The number of hydrogen-bond donors (Lipinski definition) is 0. The van der Waals surface area contributed by atoms with E-state index >= 15 is 0 Å². The van der Waals surface area contributed by atoms with E-state index in [-0.39, 0.29) is 0 Å². The van der Waals surface area contributed by atoms with Crippen molar-refractivity contribution in [3.63, 3.8) is 0 Å². The first-order chi connectivity index (χ1) is 7.24. The Morgan fingerprint density at radius 2 is 2.07 bits per heavy atom. The molecule has 1 aromatic rings. The van der Waals surface area contributed by atoms with E-state index in [0.717, 1.165) is 34.7 Å². The maximum Gasteiger partial charge on any atom is 0.119 e. The molecule has 0 spiro atoms. The zero-order valence-electron chi connectivity index (χ0n) is 8.25. The number of hydrogen-bond acceptors (Lipinski definition) is 1. The fraction of sp³-hybridized carbons (Fsp3) is 0.333. The number of ether oxygens (including phenoxy) is 1. The topological polar surface area (TPSA) is 9.23 Å². The summed E-state index contributed by atoms with van der Waals surface area (Å²) in [5, 5.41) is 0.972. The van der Waals surface area contributed by atoms with E-state index in [9.17, 15) is 0 Å². The van der Waals surface area contributed by atoms with Gasteiger partial charge in [0.2, 0.25) is 0 Å². The van der Waals surface area contributed by atoms with E-state index in [2.05, 4.69) is 22.0 Å². The molecule has 15 heavy (non-hydrogen) atoms. The summed E-state index contributed by atoms with van der Waals surface area (Å²) in [5.41, 5.74) is 0. The van der Waals surface area contributed by atoms with E-state index < -0.39 is 0 Å². The zero-order chi connectivity index (χ0) is 10.7. The predicted molar refractivity (Wildman–Crippen MR) is 66.3 cm³/mol. The molecule has 0 saturated heterocycles. The highest BCUT2D eigenvalue weighted by Crippen LogP contribution is 2.28. The first kappa shape index (κ1) is 11.0. The molecule has 1 atom stereocenters. The summed E-state index contributed by atoms with van der Waals surface area (Å²) in [6, 6.07) is 7.90. The minimum atomic E-state index is 0.543. The number of allylic oxidation sites excluding steroid dienone is 2. The van der Waals surface area contributed by atoms with Crippen molar-refractivity contribution in [2.24, 2.45) is 5.92 Å². The minimum Gasteiger partial charge on any atom is -0.493 e. The van der Waals surface area contributed by atoms with Crippen LogP contribution in [0.3, 0.4) is 0 Å². The SMILES string of the molecule is ClC1=CC[C@@H](COc2ccc(Br)cc2)C1. The highest BCUT2D eigenvalue weighted by Gasteiger charge is 2.16. The molecule has 1 aliphatic rings. The molecule has 1 nitrogen and oxygen atoms in total. The lowest BCUT2D eigenvalue weighted by Gasteiger charge is -2.11. The normalized spacial score (nSPS) is 20.1. The van der Waals surface area contributed by atoms with Gasteiger partial charge in [0.15, 0.2) is 0 Å². The molecule has 0 bridgehead atoms. The standard InChI is InChI=1S/C12H12BrClO/c13-10-2-5-12(6-3-10)15-8-9-1-4-11(14)7-9/h2-6,9H,1,7-8H2/t9-/m1/s1. The third kappa shape index (κ3) is 3.25. The van der Waals surface area contributed by atoms with Crippen molar-refractivity contribution in [1.29, 1.82) is 0 Å². The van der Waals surface area contributed by atoms with Gasteiger partial charge >= 0.3 is 0 Å². The molecular formula is C12H12BrClO. The van der Waals surface area contributed by atoms with Gasteiger partial charge in [0.1, 0.15) is 5.75 Å². The highest BCUT2D eigenvalue weighted by atomic mass is 79.9. The summed E-state index contributed by atoms with van der Waals surface area (Å²) in [6.07, 6.45) is 4.07. The predicted octanol–water partition coefficient (Wildman–Crippen LogP) is 4.36. The highest BCUT2D eigenvalue weighted by molar-refractivity contribution is 9.10. The number of benzene rings is 1. The Balaban J connectivity index is 1.81. The second-order valence-corrected chi connectivity index (χ2v) is 5.12. The Morgan fingerprint density at radius 1 is 1.33 bits per heavy atom. The molecule has 80 valence electrons. The molecule has 0 N–H and O–H groups in total. The van der Waals surface area contributed by atoms with Crippen molar-refractivity contribution in [2.45, 2.75) is 12.8 Å². The molecule has 0 heterocycles. The van der Waals surface area contributed by atoms with Gasteiger partial charge in [-0.2, -0.15) is 0 Å². The maximum absolute atomic E-state index is 5.91. The largest absolute Gasteiger partial charge is 0.493 e. The molecule has 0 fully saturated rings. The molecule has 1 aromatic carbocycles. The van der Waals surface area contributed by atoms with Crippen molar-refractivity contribution in [1.82, 2.24) is 0 Å². The summed E-state index contributed by atoms with van der Waals surface area (Å²) in [7, 11) is 0. The summed E-state index contributed by atoms with van der Waals surface area (Å²) < 4.78 is 6.75. The van der Waals surface area contributed by atoms with Crippen LogP contribution < -0.4 is 4.74 Å². The van der Waals surface area contributed by atoms with Gasteiger partial charge in [0.05, 0.1) is 6.61 Å². The second-order valence-electron chi connectivity index (χ2n) is 3.72. The molecule has 0 radical (unpaired) electrons. The van der Waals surface area contributed by atoms with Gasteiger partial charge in [-0.3, -0.25) is 0 Å². The third-order valence-electron chi connectivity index (χ3n) is 2.46. The third-order valence-corrected chi connectivity index (χ3v) is 3.29. The second kappa shape index (κ2) is 5.04. The molecule has 2 rings (SSSR count). The maximum atomic E-state index is 5.91. The Hall–Kier alpha value is -0.470. The van der Waals surface area contributed by atoms with Crippen LogP contribution in [0.5, 0.6) is 5.75 Å². The molecule has 0 amide bonds. The van der Waals surface area contributed by atoms with Gasteiger partial charge in [0, 0.05) is 15.4 Å². The Bertz CT molecular complexity index is 358. The summed E-state index contributed by atoms with van der Waals surface area (Å²) in [6.45, 7) is 0.744. The van der Waals surface area contributed by atoms with Crippen molar-refractivity contribution in [2.75, 3.05) is 6.61 Å². The van der Waals surface area contributed by atoms with Crippen LogP contribution in [0.15, 0.2) is 39.8 Å². The first-order valence-electron chi connectivity index (χ1n) is 4.97. The average molecular weight is 288 g/mol. The van der Waals surface area contributed by atoms with Gasteiger partial charge in [0.25, 0.3) is 0 Å². The number of halogens is 2. The van der Waals surface area contributed by atoms with Crippen LogP contribution in [-0.2, 0) is 0 Å². The Kier molecular flexibility index (Phi) is 3.71. The van der Waals surface area contributed by atoms with E-state index in [1.54, 1.807) is 0 Å². The van der Waals surface area contributed by atoms with Crippen LogP contribution in [0.2, 0.25) is 0 Å². The van der Waals surface area contributed by atoms with Crippen LogP contribution in [-0.4, -0.2) is 6.61 Å². The molecule has 0 aliphatic heterocycles. The van der Waals surface area contributed by atoms with Crippen molar-refractivity contribution in [3.05, 3.63) is 39.8 Å². The van der Waals surface area contributed by atoms with Crippen LogP contribution in [0.1, 0.15) is 12.8 Å². The quantitative estimate of drug-likeness (QED) is 0.802. The fourth-order valence-corrected chi connectivity index (χ4v) is 2.18. The molecule has 0 aromatic heterocycles. The molecule has 0 saturated carbocycles. The van der Waals surface area contributed by atoms with Crippen molar-refractivity contribution < 1.29 is 4.74 Å². The summed E-state index contributed by atoms with van der Waals surface area (Å²) in [4.78, 5) is 0. The molecular weight excluding hydrogens is 275 g/mol. The van der Waals surface area contributed by atoms with Crippen LogP contribution in [0, 0.1) is 5.92 Å². The van der Waals surface area contributed by atoms with Gasteiger partial charge in [-0.05, 0) is 37.1 Å². The van der Waals surface area contributed by atoms with E-state index in [4.69, 9.17) is 16.3 Å². The van der Waals surface area contributed by atoms with Gasteiger partial charge in [-0.15, -0.1) is 0 Å². The Morgan fingerprint density at radius 3 is 2.67 bits per heavy atom. The van der Waals surface area contributed by atoms with Crippen molar-refractivity contribution in [3.8, 4) is 5.75 Å². The van der Waals surface area contributed by atoms with Gasteiger partial charge in [-0.25, -0.2) is 0 Å². The lowest BCUT2D eigenvalue weighted by Crippen LogP contribution is -2.08. The van der Waals surface area contributed by atoms with Crippen LogP contribution >= 0.6 is 27.5 Å². The lowest BCUT2D eigenvalue weighted by molar-refractivity contribution is 0.256. The van der Waals surface area contributed by atoms with E-state index in [1.165, 1.54) is 0 Å². The number of rotatable bonds is 3. The molecule has 3 heteroatoms. The smallest absolute Gasteiger partial charge is 0.119 e. The first-order valence-corrected chi connectivity index (χ1v) is 6.14. The van der Waals surface area contributed by atoms with Crippen molar-refractivity contribution >= 4 is 27.5 Å². The summed E-state index contributed by atoms with van der Waals surface area (Å²) >= 11 is 9.30. The fourth-order valence-electron chi connectivity index (χ4n) is 1.61. The molecule has 1 aliphatic carbocycles.